The second-order valence-corrected chi connectivity index (χ2v) is 10.7. The van der Waals surface area contributed by atoms with Crippen LogP contribution in [0.4, 0.5) is 0 Å². The molecule has 0 aromatic rings. The van der Waals surface area contributed by atoms with Crippen LogP contribution in [0.2, 0.25) is 0 Å². The minimum atomic E-state index is 0.368. The van der Waals surface area contributed by atoms with Gasteiger partial charge in [0.1, 0.15) is 5.78 Å². The maximum absolute atomic E-state index is 11.9. The SMILES string of the molecule is C=C1CCC(=O)CC1=CC=C1CCC[C@@]2(C)C1CC[C@@H]2[C@H](C)C=C[C@H](C)C(C)C. The number of carbonyl (C=O) groups is 1. The molecule has 1 heteroatoms. The van der Waals surface area contributed by atoms with Crippen molar-refractivity contribution in [3.63, 3.8) is 0 Å². The predicted molar refractivity (Wildman–Crippen MR) is 125 cm³/mol. The number of hydrogen-bond acceptors (Lipinski definition) is 1. The van der Waals surface area contributed by atoms with E-state index in [-0.39, 0.29) is 0 Å². The average Bonchev–Trinajstić information content (AvgIpc) is 3.04. The molecule has 3 saturated carbocycles. The molecule has 3 aliphatic carbocycles. The van der Waals surface area contributed by atoms with E-state index in [9.17, 15) is 4.79 Å². The summed E-state index contributed by atoms with van der Waals surface area (Å²) >= 11 is 0. The lowest BCUT2D eigenvalue weighted by Crippen LogP contribution is -2.35. The van der Waals surface area contributed by atoms with Crippen molar-refractivity contribution in [2.75, 3.05) is 0 Å². The molecule has 0 heterocycles. The van der Waals surface area contributed by atoms with E-state index in [4.69, 9.17) is 0 Å². The van der Waals surface area contributed by atoms with Gasteiger partial charge in [0.25, 0.3) is 0 Å². The summed E-state index contributed by atoms with van der Waals surface area (Å²) in [4.78, 5) is 11.9. The number of carbonyl (C=O) groups excluding carboxylic acids is 1. The molecule has 0 spiro atoms. The van der Waals surface area contributed by atoms with Gasteiger partial charge in [0, 0.05) is 12.8 Å². The molecule has 29 heavy (non-hydrogen) atoms. The van der Waals surface area contributed by atoms with Gasteiger partial charge < -0.3 is 0 Å². The summed E-state index contributed by atoms with van der Waals surface area (Å²) < 4.78 is 0. The van der Waals surface area contributed by atoms with Crippen molar-refractivity contribution in [3.8, 4) is 0 Å². The van der Waals surface area contributed by atoms with Gasteiger partial charge in [0.2, 0.25) is 0 Å². The Kier molecular flexibility index (Phi) is 7.07. The molecule has 5 atom stereocenters. The molecule has 3 fully saturated rings. The molecule has 3 rings (SSSR count). The summed E-state index contributed by atoms with van der Waals surface area (Å²) in [7, 11) is 0. The van der Waals surface area contributed by atoms with Gasteiger partial charge in [0.05, 0.1) is 0 Å². The van der Waals surface area contributed by atoms with Crippen LogP contribution in [0.25, 0.3) is 0 Å². The summed E-state index contributed by atoms with van der Waals surface area (Å²) in [6, 6.07) is 0. The molecule has 1 unspecified atom stereocenters. The third-order valence-electron chi connectivity index (χ3n) is 8.49. The van der Waals surface area contributed by atoms with E-state index in [2.05, 4.69) is 65.5 Å². The Hall–Kier alpha value is -1.37. The molecular formula is C28H42O. The van der Waals surface area contributed by atoms with Crippen molar-refractivity contribution in [1.82, 2.24) is 0 Å². The smallest absolute Gasteiger partial charge is 0.137 e. The fourth-order valence-corrected chi connectivity index (χ4v) is 6.11. The van der Waals surface area contributed by atoms with Crippen LogP contribution in [0, 0.1) is 35.0 Å². The molecule has 1 nitrogen and oxygen atoms in total. The van der Waals surface area contributed by atoms with E-state index >= 15 is 0 Å². The van der Waals surface area contributed by atoms with Crippen molar-refractivity contribution >= 4 is 5.78 Å². The Morgan fingerprint density at radius 2 is 1.79 bits per heavy atom. The molecule has 0 aromatic carbocycles. The molecule has 0 N–H and O–H groups in total. The van der Waals surface area contributed by atoms with Crippen molar-refractivity contribution in [2.24, 2.45) is 35.0 Å². The fraction of sp³-hybridized carbons (Fsp3) is 0.679. The van der Waals surface area contributed by atoms with E-state index in [1.807, 2.05) is 0 Å². The van der Waals surface area contributed by atoms with Crippen LogP contribution >= 0.6 is 0 Å². The number of rotatable bonds is 5. The summed E-state index contributed by atoms with van der Waals surface area (Å²) in [6.45, 7) is 16.2. The van der Waals surface area contributed by atoms with Crippen molar-refractivity contribution in [3.05, 3.63) is 47.6 Å². The molecule has 0 aromatic heterocycles. The lowest BCUT2D eigenvalue weighted by Gasteiger charge is -2.44. The Morgan fingerprint density at radius 3 is 2.52 bits per heavy atom. The van der Waals surface area contributed by atoms with Gasteiger partial charge in [-0.05, 0) is 79.1 Å². The lowest BCUT2D eigenvalue weighted by atomic mass is 9.61. The van der Waals surface area contributed by atoms with Crippen molar-refractivity contribution < 1.29 is 4.79 Å². The molecule has 0 amide bonds. The Morgan fingerprint density at radius 1 is 1.03 bits per heavy atom. The zero-order chi connectivity index (χ0) is 21.2. The van der Waals surface area contributed by atoms with Gasteiger partial charge in [0.15, 0.2) is 0 Å². The quantitative estimate of drug-likeness (QED) is 0.434. The number of fused-ring (bicyclic) bond motifs is 1. The Bertz CT molecular complexity index is 719. The number of allylic oxidation sites excluding steroid dienone is 7. The molecule has 0 aliphatic heterocycles. The van der Waals surface area contributed by atoms with Crippen molar-refractivity contribution in [2.45, 2.75) is 86.0 Å². The maximum Gasteiger partial charge on any atom is 0.137 e. The van der Waals surface area contributed by atoms with Gasteiger partial charge in [-0.2, -0.15) is 0 Å². The molecule has 0 saturated heterocycles. The van der Waals surface area contributed by atoms with Crippen LogP contribution in [0.1, 0.15) is 86.0 Å². The van der Waals surface area contributed by atoms with Crippen LogP contribution < -0.4 is 0 Å². The lowest BCUT2D eigenvalue weighted by molar-refractivity contribution is -0.118. The van der Waals surface area contributed by atoms with E-state index in [1.165, 1.54) is 43.3 Å². The first kappa shape index (κ1) is 22.3. The molecule has 0 bridgehead atoms. The summed E-state index contributed by atoms with van der Waals surface area (Å²) in [5.74, 6) is 3.88. The van der Waals surface area contributed by atoms with Gasteiger partial charge >= 0.3 is 0 Å². The van der Waals surface area contributed by atoms with E-state index in [0.29, 0.717) is 47.7 Å². The van der Waals surface area contributed by atoms with E-state index < -0.39 is 0 Å². The van der Waals surface area contributed by atoms with Gasteiger partial charge in [-0.3, -0.25) is 4.79 Å². The first-order chi connectivity index (χ1) is 13.7. The maximum atomic E-state index is 11.9. The van der Waals surface area contributed by atoms with Crippen LogP contribution in [-0.4, -0.2) is 5.78 Å². The highest BCUT2D eigenvalue weighted by Gasteiger charge is 2.50. The highest BCUT2D eigenvalue weighted by Crippen LogP contribution is 2.59. The third-order valence-corrected chi connectivity index (χ3v) is 8.49. The highest BCUT2D eigenvalue weighted by atomic mass is 16.1. The zero-order valence-electron chi connectivity index (χ0n) is 19.5. The third kappa shape index (κ3) is 4.86. The predicted octanol–water partition coefficient (Wildman–Crippen LogP) is 7.85. The normalized spacial score (nSPS) is 35.7. The standard InChI is InChI=1S/C28H42O/c1-19(2)20(3)9-10-22(5)26-15-16-27-23(8-7-17-28(26,27)6)12-13-24-18-25(29)14-11-21(24)4/h9-10,12-13,19-20,22,26-27H,4,7-8,11,14-18H2,1-3,5-6H3/t20-,22+,26+,27?,28+/m0/s1. The summed E-state index contributed by atoms with van der Waals surface area (Å²) in [5, 5.41) is 0. The number of Topliss-reactive ketones (excluding diaryl/α,β-unsaturated/α-hetero) is 1. The average molecular weight is 395 g/mol. The van der Waals surface area contributed by atoms with Gasteiger partial charge in [-0.25, -0.2) is 0 Å². The largest absolute Gasteiger partial charge is 0.299 e. The number of hydrogen-bond donors (Lipinski definition) is 0. The topological polar surface area (TPSA) is 17.1 Å². The Balaban J connectivity index is 1.76. The van der Waals surface area contributed by atoms with Crippen LogP contribution in [0.15, 0.2) is 47.6 Å². The second-order valence-electron chi connectivity index (χ2n) is 10.7. The Labute approximate surface area is 179 Å². The summed E-state index contributed by atoms with van der Waals surface area (Å²) in [5.41, 5.74) is 4.40. The van der Waals surface area contributed by atoms with Crippen LogP contribution in [0.3, 0.4) is 0 Å². The fourth-order valence-electron chi connectivity index (χ4n) is 6.11. The molecular weight excluding hydrogens is 352 g/mol. The van der Waals surface area contributed by atoms with E-state index in [1.54, 1.807) is 5.57 Å². The molecule has 160 valence electrons. The van der Waals surface area contributed by atoms with Crippen LogP contribution in [-0.2, 0) is 4.79 Å². The highest BCUT2D eigenvalue weighted by molar-refractivity contribution is 5.84. The number of ketones is 1. The minimum absolute atomic E-state index is 0.368. The van der Waals surface area contributed by atoms with Gasteiger partial charge in [-0.15, -0.1) is 0 Å². The first-order valence-electron chi connectivity index (χ1n) is 12.0. The van der Waals surface area contributed by atoms with Gasteiger partial charge in [-0.1, -0.05) is 76.6 Å². The molecule has 3 aliphatic rings. The molecule has 0 radical (unpaired) electrons. The minimum Gasteiger partial charge on any atom is -0.299 e. The van der Waals surface area contributed by atoms with Crippen LogP contribution in [0.5, 0.6) is 0 Å². The first-order valence-corrected chi connectivity index (χ1v) is 12.0. The second kappa shape index (κ2) is 9.19. The zero-order valence-corrected chi connectivity index (χ0v) is 19.5. The van der Waals surface area contributed by atoms with E-state index in [0.717, 1.165) is 12.3 Å². The van der Waals surface area contributed by atoms with Crippen molar-refractivity contribution in [1.29, 1.82) is 0 Å². The summed E-state index contributed by atoms with van der Waals surface area (Å²) in [6.07, 6.45) is 18.3. The monoisotopic (exact) mass is 394 g/mol.